The highest BCUT2D eigenvalue weighted by atomic mass is 35.5. The lowest BCUT2D eigenvalue weighted by Gasteiger charge is -2.34. The summed E-state index contributed by atoms with van der Waals surface area (Å²) in [6.45, 7) is 5.75. The van der Waals surface area contributed by atoms with Crippen LogP contribution in [0.3, 0.4) is 0 Å². The Morgan fingerprint density at radius 3 is 2.30 bits per heavy atom. The quantitative estimate of drug-likeness (QED) is 0.736. The van der Waals surface area contributed by atoms with Crippen molar-refractivity contribution in [3.05, 3.63) is 34.9 Å². The van der Waals surface area contributed by atoms with E-state index in [1.54, 1.807) is 24.3 Å². The fraction of sp³-hybridized carbons (Fsp3) is 0.619. The third-order valence-electron chi connectivity index (χ3n) is 6.03. The first-order chi connectivity index (χ1) is 12.5. The van der Waals surface area contributed by atoms with Crippen LogP contribution in [-0.4, -0.2) is 42.8 Å². The predicted molar refractivity (Wildman–Crippen MR) is 112 cm³/mol. The van der Waals surface area contributed by atoms with Crippen molar-refractivity contribution in [1.29, 1.82) is 0 Å². The maximum Gasteiger partial charge on any atom is 0.222 e. The minimum absolute atomic E-state index is 0. The summed E-state index contributed by atoms with van der Waals surface area (Å²) in [5.74, 6) is 1.55. The number of piperidine rings is 2. The predicted octanol–water partition coefficient (Wildman–Crippen LogP) is 4.21. The van der Waals surface area contributed by atoms with Gasteiger partial charge in [-0.25, -0.2) is 0 Å². The van der Waals surface area contributed by atoms with Gasteiger partial charge >= 0.3 is 0 Å². The van der Waals surface area contributed by atoms with E-state index in [0.29, 0.717) is 36.4 Å². The standard InChI is InChI=1S/C21H29ClN2O2.ClH/c1-15(16-6-10-23-11-7-16)14-20(25)24-12-8-18(9-13-24)21(26)17-2-4-19(22)5-3-17;/h2-5,15-16,18,23H,6-14H2,1H3;1H. The summed E-state index contributed by atoms with van der Waals surface area (Å²) in [7, 11) is 0. The topological polar surface area (TPSA) is 49.4 Å². The van der Waals surface area contributed by atoms with E-state index >= 15 is 0 Å². The molecule has 0 saturated carbocycles. The van der Waals surface area contributed by atoms with Crippen molar-refractivity contribution in [2.45, 2.75) is 39.0 Å². The minimum atomic E-state index is 0. The zero-order valence-corrected chi connectivity index (χ0v) is 17.5. The second-order valence-electron chi connectivity index (χ2n) is 7.80. The summed E-state index contributed by atoms with van der Waals surface area (Å²) in [6.07, 6.45) is 4.50. The van der Waals surface area contributed by atoms with Crippen LogP contribution in [0.5, 0.6) is 0 Å². The molecule has 3 rings (SSSR count). The van der Waals surface area contributed by atoms with Gasteiger partial charge in [0.05, 0.1) is 0 Å². The number of nitrogens with zero attached hydrogens (tertiary/aromatic N) is 1. The SMILES string of the molecule is CC(CC(=O)N1CCC(C(=O)c2ccc(Cl)cc2)CC1)C1CCNCC1.Cl. The van der Waals surface area contributed by atoms with E-state index in [1.165, 1.54) is 12.8 Å². The molecule has 2 heterocycles. The molecule has 0 radical (unpaired) electrons. The Morgan fingerprint density at radius 1 is 1.11 bits per heavy atom. The molecule has 2 aliphatic rings. The van der Waals surface area contributed by atoms with Crippen molar-refractivity contribution < 1.29 is 9.59 Å². The second-order valence-corrected chi connectivity index (χ2v) is 8.23. The molecule has 150 valence electrons. The molecule has 1 amide bonds. The number of halogens is 2. The van der Waals surface area contributed by atoms with Crippen LogP contribution in [-0.2, 0) is 4.79 Å². The average molecular weight is 413 g/mol. The summed E-state index contributed by atoms with van der Waals surface area (Å²) >= 11 is 5.89. The van der Waals surface area contributed by atoms with Gasteiger partial charge in [-0.3, -0.25) is 9.59 Å². The van der Waals surface area contributed by atoms with Crippen molar-refractivity contribution in [2.24, 2.45) is 17.8 Å². The number of Topliss-reactive ketones (excluding diaryl/α,β-unsaturated/α-hetero) is 1. The van der Waals surface area contributed by atoms with E-state index in [0.717, 1.165) is 31.5 Å². The van der Waals surface area contributed by atoms with Gasteiger partial charge in [0, 0.05) is 36.0 Å². The molecular weight excluding hydrogens is 383 g/mol. The zero-order valence-electron chi connectivity index (χ0n) is 16.0. The summed E-state index contributed by atoms with van der Waals surface area (Å²) < 4.78 is 0. The van der Waals surface area contributed by atoms with Gasteiger partial charge < -0.3 is 10.2 Å². The van der Waals surface area contributed by atoms with Gasteiger partial charge in [-0.15, -0.1) is 12.4 Å². The van der Waals surface area contributed by atoms with Crippen molar-refractivity contribution >= 4 is 35.7 Å². The molecule has 1 atom stereocenters. The number of likely N-dealkylation sites (tertiary alicyclic amines) is 1. The van der Waals surface area contributed by atoms with E-state index in [1.807, 2.05) is 4.90 Å². The van der Waals surface area contributed by atoms with Gasteiger partial charge in [0.2, 0.25) is 5.91 Å². The molecule has 2 saturated heterocycles. The number of ketones is 1. The second kappa shape index (κ2) is 10.4. The third-order valence-corrected chi connectivity index (χ3v) is 6.28. The molecule has 1 aromatic rings. The molecular formula is C21H30Cl2N2O2. The monoisotopic (exact) mass is 412 g/mol. The molecule has 2 fully saturated rings. The Hall–Kier alpha value is -1.10. The van der Waals surface area contributed by atoms with Crippen LogP contribution >= 0.6 is 24.0 Å². The molecule has 2 aliphatic heterocycles. The van der Waals surface area contributed by atoms with Gasteiger partial charge in [-0.05, 0) is 74.9 Å². The van der Waals surface area contributed by atoms with Crippen LogP contribution in [0.2, 0.25) is 5.02 Å². The Morgan fingerprint density at radius 2 is 1.70 bits per heavy atom. The Labute approximate surface area is 173 Å². The van der Waals surface area contributed by atoms with E-state index in [4.69, 9.17) is 11.6 Å². The Kier molecular flexibility index (Phi) is 8.59. The Balaban J connectivity index is 0.00000261. The number of rotatable bonds is 5. The first-order valence-electron chi connectivity index (χ1n) is 9.83. The smallest absolute Gasteiger partial charge is 0.222 e. The van der Waals surface area contributed by atoms with Crippen LogP contribution in [0.15, 0.2) is 24.3 Å². The molecule has 27 heavy (non-hydrogen) atoms. The molecule has 1 unspecified atom stereocenters. The first kappa shape index (κ1) is 22.2. The van der Waals surface area contributed by atoms with Crippen LogP contribution in [0.25, 0.3) is 0 Å². The number of hydrogen-bond donors (Lipinski definition) is 1. The van der Waals surface area contributed by atoms with Crippen LogP contribution in [0, 0.1) is 17.8 Å². The van der Waals surface area contributed by atoms with E-state index < -0.39 is 0 Å². The van der Waals surface area contributed by atoms with Crippen LogP contribution in [0.4, 0.5) is 0 Å². The van der Waals surface area contributed by atoms with Crippen LogP contribution < -0.4 is 5.32 Å². The average Bonchev–Trinajstić information content (AvgIpc) is 2.69. The Bertz CT molecular complexity index is 622. The lowest BCUT2D eigenvalue weighted by atomic mass is 9.83. The molecule has 4 nitrogen and oxygen atoms in total. The van der Waals surface area contributed by atoms with E-state index in [9.17, 15) is 9.59 Å². The normalized spacial score (nSPS) is 20.0. The minimum Gasteiger partial charge on any atom is -0.343 e. The maximum atomic E-state index is 12.6. The van der Waals surface area contributed by atoms with Crippen molar-refractivity contribution in [3.8, 4) is 0 Å². The van der Waals surface area contributed by atoms with Crippen LogP contribution in [0.1, 0.15) is 49.4 Å². The number of carbonyl (C=O) groups excluding carboxylic acids is 2. The number of hydrogen-bond acceptors (Lipinski definition) is 3. The van der Waals surface area contributed by atoms with Gasteiger partial charge in [-0.1, -0.05) is 18.5 Å². The first-order valence-corrected chi connectivity index (χ1v) is 10.2. The van der Waals surface area contributed by atoms with Gasteiger partial charge in [0.15, 0.2) is 5.78 Å². The highest BCUT2D eigenvalue weighted by molar-refractivity contribution is 6.30. The molecule has 1 N–H and O–H groups in total. The van der Waals surface area contributed by atoms with Gasteiger partial charge in [0.25, 0.3) is 0 Å². The lowest BCUT2D eigenvalue weighted by Crippen LogP contribution is -2.41. The summed E-state index contributed by atoms with van der Waals surface area (Å²) in [5.41, 5.74) is 0.721. The fourth-order valence-electron chi connectivity index (χ4n) is 4.23. The molecule has 6 heteroatoms. The highest BCUT2D eigenvalue weighted by Gasteiger charge is 2.29. The number of nitrogens with one attached hydrogen (secondary N) is 1. The fourth-order valence-corrected chi connectivity index (χ4v) is 4.35. The highest BCUT2D eigenvalue weighted by Crippen LogP contribution is 2.27. The van der Waals surface area contributed by atoms with Gasteiger partial charge in [0.1, 0.15) is 0 Å². The lowest BCUT2D eigenvalue weighted by molar-refractivity contribution is -0.133. The number of carbonyl (C=O) groups is 2. The molecule has 0 aliphatic carbocycles. The summed E-state index contributed by atoms with van der Waals surface area (Å²) in [5, 5.41) is 4.03. The van der Waals surface area contributed by atoms with E-state index in [2.05, 4.69) is 12.2 Å². The van der Waals surface area contributed by atoms with Crippen molar-refractivity contribution in [1.82, 2.24) is 10.2 Å². The largest absolute Gasteiger partial charge is 0.343 e. The molecule has 0 aromatic heterocycles. The van der Waals surface area contributed by atoms with Gasteiger partial charge in [-0.2, -0.15) is 0 Å². The zero-order chi connectivity index (χ0) is 18.5. The number of amides is 1. The molecule has 0 spiro atoms. The van der Waals surface area contributed by atoms with Crippen molar-refractivity contribution in [2.75, 3.05) is 26.2 Å². The summed E-state index contributed by atoms with van der Waals surface area (Å²) in [4.78, 5) is 27.2. The number of benzene rings is 1. The third kappa shape index (κ3) is 5.94. The summed E-state index contributed by atoms with van der Waals surface area (Å²) in [6, 6.07) is 7.11. The van der Waals surface area contributed by atoms with E-state index in [-0.39, 0.29) is 30.0 Å². The molecule has 1 aromatic carbocycles. The van der Waals surface area contributed by atoms with Crippen molar-refractivity contribution in [3.63, 3.8) is 0 Å². The molecule has 0 bridgehead atoms. The maximum absolute atomic E-state index is 12.6.